The second kappa shape index (κ2) is 9.27. The van der Waals surface area contributed by atoms with Gasteiger partial charge in [-0.05, 0) is 38.1 Å². The summed E-state index contributed by atoms with van der Waals surface area (Å²) in [5.74, 6) is 0.212. The number of carbonyl (C=O) groups is 2. The van der Waals surface area contributed by atoms with Gasteiger partial charge in [-0.3, -0.25) is 4.79 Å². The number of hydrogen-bond donors (Lipinski definition) is 2. The Hall–Kier alpha value is -3.00. The molecule has 0 saturated heterocycles. The fraction of sp³-hybridized carbons (Fsp3) is 0.250. The second-order valence-electron chi connectivity index (χ2n) is 5.76. The monoisotopic (exact) mass is 399 g/mol. The third kappa shape index (κ3) is 4.83. The van der Waals surface area contributed by atoms with Crippen LogP contribution in [-0.4, -0.2) is 40.8 Å². The molecule has 0 radical (unpaired) electrons. The molecule has 0 bridgehead atoms. The number of ether oxygens (including phenoxy) is 2. The zero-order valence-electron chi connectivity index (χ0n) is 15.7. The van der Waals surface area contributed by atoms with Crippen molar-refractivity contribution in [1.29, 1.82) is 0 Å². The van der Waals surface area contributed by atoms with Crippen molar-refractivity contribution in [3.05, 3.63) is 48.0 Å². The van der Waals surface area contributed by atoms with Crippen molar-refractivity contribution >= 4 is 40.4 Å². The molecule has 3 aromatic rings. The van der Waals surface area contributed by atoms with E-state index in [4.69, 9.17) is 9.47 Å². The first-order chi connectivity index (χ1) is 13.6. The van der Waals surface area contributed by atoms with Crippen LogP contribution >= 0.6 is 11.8 Å². The van der Waals surface area contributed by atoms with E-state index in [2.05, 4.69) is 15.3 Å². The number of benzene rings is 2. The summed E-state index contributed by atoms with van der Waals surface area (Å²) in [4.78, 5) is 32.0. The molecule has 0 unspecified atom stereocenters. The molecule has 8 heteroatoms. The Kier molecular flexibility index (Phi) is 6.54. The lowest BCUT2D eigenvalue weighted by Crippen LogP contribution is -2.17. The summed E-state index contributed by atoms with van der Waals surface area (Å²) in [5, 5.41) is 3.39. The highest BCUT2D eigenvalue weighted by Gasteiger charge is 2.14. The fourth-order valence-electron chi connectivity index (χ4n) is 2.59. The zero-order valence-corrected chi connectivity index (χ0v) is 16.5. The highest BCUT2D eigenvalue weighted by atomic mass is 32.2. The van der Waals surface area contributed by atoms with E-state index in [-0.39, 0.29) is 18.3 Å². The number of H-pyrrole nitrogens is 1. The molecule has 3 rings (SSSR count). The van der Waals surface area contributed by atoms with Crippen LogP contribution in [0.5, 0.6) is 5.75 Å². The molecule has 0 fully saturated rings. The topological polar surface area (TPSA) is 93.3 Å². The number of thioether (sulfide) groups is 1. The predicted molar refractivity (Wildman–Crippen MR) is 109 cm³/mol. The van der Waals surface area contributed by atoms with Crippen molar-refractivity contribution < 1.29 is 19.1 Å². The Balaban J connectivity index is 1.63. The minimum absolute atomic E-state index is 0.148. The van der Waals surface area contributed by atoms with Gasteiger partial charge in [0.2, 0.25) is 5.91 Å². The number of amides is 1. The Bertz CT molecular complexity index is 986. The predicted octanol–water partition coefficient (Wildman–Crippen LogP) is 3.87. The summed E-state index contributed by atoms with van der Waals surface area (Å²) in [6.45, 7) is 4.53. The van der Waals surface area contributed by atoms with Crippen LogP contribution in [0.15, 0.2) is 47.6 Å². The van der Waals surface area contributed by atoms with Crippen LogP contribution in [0, 0.1) is 0 Å². The van der Waals surface area contributed by atoms with Crippen LogP contribution in [0.25, 0.3) is 11.0 Å². The lowest BCUT2D eigenvalue weighted by molar-refractivity contribution is -0.113. The van der Waals surface area contributed by atoms with E-state index in [0.717, 1.165) is 16.8 Å². The van der Waals surface area contributed by atoms with Crippen molar-refractivity contribution in [2.75, 3.05) is 24.3 Å². The van der Waals surface area contributed by atoms with E-state index in [9.17, 15) is 9.59 Å². The summed E-state index contributed by atoms with van der Waals surface area (Å²) in [6, 6.07) is 12.4. The van der Waals surface area contributed by atoms with Crippen molar-refractivity contribution in [3.63, 3.8) is 0 Å². The van der Waals surface area contributed by atoms with Crippen LogP contribution < -0.4 is 10.1 Å². The molecule has 0 aliphatic heterocycles. The van der Waals surface area contributed by atoms with Gasteiger partial charge in [0, 0.05) is 6.07 Å². The van der Waals surface area contributed by atoms with Gasteiger partial charge in [-0.15, -0.1) is 0 Å². The average Bonchev–Trinajstić information content (AvgIpc) is 3.09. The SMILES string of the molecule is CCOC(=O)c1ccccc1NC(=O)CSc1nc2ccc(OCC)cc2[nH]1. The van der Waals surface area contributed by atoms with Gasteiger partial charge >= 0.3 is 5.97 Å². The number of esters is 1. The number of aromatic nitrogens is 2. The van der Waals surface area contributed by atoms with Gasteiger partial charge in [0.25, 0.3) is 0 Å². The van der Waals surface area contributed by atoms with E-state index in [1.165, 1.54) is 11.8 Å². The van der Waals surface area contributed by atoms with Gasteiger partial charge in [-0.1, -0.05) is 23.9 Å². The van der Waals surface area contributed by atoms with Crippen molar-refractivity contribution in [1.82, 2.24) is 9.97 Å². The van der Waals surface area contributed by atoms with E-state index in [1.54, 1.807) is 31.2 Å². The summed E-state index contributed by atoms with van der Waals surface area (Å²) < 4.78 is 10.5. The van der Waals surface area contributed by atoms with Crippen LogP contribution in [0.1, 0.15) is 24.2 Å². The number of aromatic amines is 1. The molecule has 0 aliphatic rings. The maximum absolute atomic E-state index is 12.3. The molecule has 0 atom stereocenters. The average molecular weight is 399 g/mol. The minimum atomic E-state index is -0.464. The van der Waals surface area contributed by atoms with Crippen LogP contribution in [0.3, 0.4) is 0 Å². The van der Waals surface area contributed by atoms with Gasteiger partial charge in [0.05, 0.1) is 41.3 Å². The maximum atomic E-state index is 12.3. The maximum Gasteiger partial charge on any atom is 0.340 e. The minimum Gasteiger partial charge on any atom is -0.494 e. The third-order valence-electron chi connectivity index (χ3n) is 3.78. The molecule has 1 aromatic heterocycles. The van der Waals surface area contributed by atoms with Gasteiger partial charge in [-0.2, -0.15) is 0 Å². The smallest absolute Gasteiger partial charge is 0.340 e. The third-order valence-corrected chi connectivity index (χ3v) is 4.65. The Morgan fingerprint density at radius 2 is 1.96 bits per heavy atom. The molecular weight excluding hydrogens is 378 g/mol. The highest BCUT2D eigenvalue weighted by Crippen LogP contribution is 2.24. The number of imidazole rings is 1. The highest BCUT2D eigenvalue weighted by molar-refractivity contribution is 7.99. The number of fused-ring (bicyclic) bond motifs is 1. The summed E-state index contributed by atoms with van der Waals surface area (Å²) in [7, 11) is 0. The molecule has 0 spiro atoms. The zero-order chi connectivity index (χ0) is 19.9. The van der Waals surface area contributed by atoms with Gasteiger partial charge in [0.15, 0.2) is 5.16 Å². The molecule has 7 nitrogen and oxygen atoms in total. The lowest BCUT2D eigenvalue weighted by Gasteiger charge is -2.09. The Morgan fingerprint density at radius 3 is 2.75 bits per heavy atom. The quantitative estimate of drug-likeness (QED) is 0.441. The van der Waals surface area contributed by atoms with Crippen molar-refractivity contribution in [3.8, 4) is 5.75 Å². The molecule has 146 valence electrons. The van der Waals surface area contributed by atoms with Crippen LogP contribution in [-0.2, 0) is 9.53 Å². The number of carbonyl (C=O) groups excluding carboxylic acids is 2. The molecule has 2 aromatic carbocycles. The fourth-order valence-corrected chi connectivity index (χ4v) is 3.27. The normalized spacial score (nSPS) is 10.6. The molecular formula is C20H21N3O4S. The van der Waals surface area contributed by atoms with E-state index >= 15 is 0 Å². The molecule has 0 saturated carbocycles. The van der Waals surface area contributed by atoms with E-state index in [0.29, 0.717) is 23.0 Å². The van der Waals surface area contributed by atoms with Crippen molar-refractivity contribution in [2.24, 2.45) is 0 Å². The lowest BCUT2D eigenvalue weighted by atomic mass is 10.2. The van der Waals surface area contributed by atoms with Crippen LogP contribution in [0.4, 0.5) is 5.69 Å². The number of rotatable bonds is 8. The largest absolute Gasteiger partial charge is 0.494 e. The van der Waals surface area contributed by atoms with E-state index < -0.39 is 5.97 Å². The van der Waals surface area contributed by atoms with Crippen molar-refractivity contribution in [2.45, 2.75) is 19.0 Å². The summed E-state index contributed by atoms with van der Waals surface area (Å²) in [6.07, 6.45) is 0. The number of hydrogen-bond acceptors (Lipinski definition) is 6. The molecule has 28 heavy (non-hydrogen) atoms. The first-order valence-corrected chi connectivity index (χ1v) is 9.90. The number of nitrogens with zero attached hydrogens (tertiary/aromatic N) is 1. The van der Waals surface area contributed by atoms with Crippen LogP contribution in [0.2, 0.25) is 0 Å². The molecule has 2 N–H and O–H groups in total. The Morgan fingerprint density at radius 1 is 1.14 bits per heavy atom. The summed E-state index contributed by atoms with van der Waals surface area (Å²) >= 11 is 1.28. The first-order valence-electron chi connectivity index (χ1n) is 8.92. The number of anilines is 1. The van der Waals surface area contributed by atoms with Gasteiger partial charge < -0.3 is 19.8 Å². The van der Waals surface area contributed by atoms with Gasteiger partial charge in [0.1, 0.15) is 5.75 Å². The summed E-state index contributed by atoms with van der Waals surface area (Å²) in [5.41, 5.74) is 2.41. The number of nitrogens with one attached hydrogen (secondary N) is 2. The second-order valence-corrected chi connectivity index (χ2v) is 6.72. The van der Waals surface area contributed by atoms with Gasteiger partial charge in [-0.25, -0.2) is 9.78 Å². The Labute approximate surface area is 166 Å². The molecule has 0 aliphatic carbocycles. The molecule has 1 amide bonds. The number of para-hydroxylation sites is 1. The van der Waals surface area contributed by atoms with E-state index in [1.807, 2.05) is 25.1 Å². The molecule has 1 heterocycles. The standard InChI is InChI=1S/C20H21N3O4S/c1-3-26-13-9-10-16-17(11-13)23-20(22-16)28-12-18(24)21-15-8-6-5-7-14(15)19(25)27-4-2/h5-11H,3-4,12H2,1-2H3,(H,21,24)(H,22,23). The first kappa shape index (κ1) is 19.8.